The molecule has 0 aliphatic carbocycles. The first-order valence-electron chi connectivity index (χ1n) is 5.77. The zero-order valence-corrected chi connectivity index (χ0v) is 9.99. The van der Waals surface area contributed by atoms with Crippen molar-refractivity contribution in [1.82, 2.24) is 0 Å². The summed E-state index contributed by atoms with van der Waals surface area (Å²) in [6.45, 7) is 7.95. The highest BCUT2D eigenvalue weighted by Gasteiger charge is 2.10. The van der Waals surface area contributed by atoms with Crippen molar-refractivity contribution in [2.24, 2.45) is 0 Å². The van der Waals surface area contributed by atoms with E-state index in [9.17, 15) is 0 Å². The SMILES string of the molecule is C=Cc1cc2cc3cc(C(C)C)oc3cc2o1. The van der Waals surface area contributed by atoms with Crippen LogP contribution in [0.3, 0.4) is 0 Å². The van der Waals surface area contributed by atoms with Gasteiger partial charge in [0.05, 0.1) is 0 Å². The molecular weight excluding hydrogens is 212 g/mol. The quantitative estimate of drug-likeness (QED) is 0.618. The van der Waals surface area contributed by atoms with Crippen molar-refractivity contribution in [2.45, 2.75) is 19.8 Å². The first-order chi connectivity index (χ1) is 8.17. The molecule has 0 aliphatic rings. The van der Waals surface area contributed by atoms with Gasteiger partial charge in [-0.05, 0) is 24.3 Å². The van der Waals surface area contributed by atoms with E-state index >= 15 is 0 Å². The lowest BCUT2D eigenvalue weighted by molar-refractivity contribution is 0.521. The molecule has 1 aromatic carbocycles. The van der Waals surface area contributed by atoms with E-state index in [1.165, 1.54) is 0 Å². The third kappa shape index (κ3) is 1.57. The van der Waals surface area contributed by atoms with Gasteiger partial charge in [0.15, 0.2) is 0 Å². The summed E-state index contributed by atoms with van der Waals surface area (Å²) in [4.78, 5) is 0. The van der Waals surface area contributed by atoms with E-state index in [0.717, 1.165) is 33.5 Å². The van der Waals surface area contributed by atoms with Crippen LogP contribution in [0.1, 0.15) is 31.3 Å². The van der Waals surface area contributed by atoms with Crippen LogP contribution in [0, 0.1) is 0 Å². The van der Waals surface area contributed by atoms with E-state index in [1.54, 1.807) is 6.08 Å². The second-order valence-electron chi connectivity index (χ2n) is 4.58. The van der Waals surface area contributed by atoms with Gasteiger partial charge in [0.2, 0.25) is 0 Å². The maximum atomic E-state index is 5.79. The van der Waals surface area contributed by atoms with Gasteiger partial charge in [0, 0.05) is 22.8 Å². The number of benzene rings is 1. The Hall–Kier alpha value is -1.96. The van der Waals surface area contributed by atoms with E-state index in [0.29, 0.717) is 5.92 Å². The highest BCUT2D eigenvalue weighted by molar-refractivity contribution is 5.94. The van der Waals surface area contributed by atoms with Gasteiger partial charge in [-0.15, -0.1) is 0 Å². The van der Waals surface area contributed by atoms with Crippen molar-refractivity contribution in [3.8, 4) is 0 Å². The number of furan rings is 2. The third-order valence-electron chi connectivity index (χ3n) is 2.96. The highest BCUT2D eigenvalue weighted by atomic mass is 16.3. The third-order valence-corrected chi connectivity index (χ3v) is 2.96. The Morgan fingerprint density at radius 1 is 1.00 bits per heavy atom. The van der Waals surface area contributed by atoms with Crippen molar-refractivity contribution in [2.75, 3.05) is 0 Å². The van der Waals surface area contributed by atoms with Crippen LogP contribution in [-0.4, -0.2) is 0 Å². The van der Waals surface area contributed by atoms with Gasteiger partial charge in [0.1, 0.15) is 22.7 Å². The molecule has 0 saturated carbocycles. The molecule has 2 heteroatoms. The van der Waals surface area contributed by atoms with E-state index in [4.69, 9.17) is 8.83 Å². The minimum atomic E-state index is 0.400. The van der Waals surface area contributed by atoms with Gasteiger partial charge in [0.25, 0.3) is 0 Å². The summed E-state index contributed by atoms with van der Waals surface area (Å²) in [6.07, 6.45) is 1.71. The first kappa shape index (κ1) is 10.2. The fourth-order valence-corrected chi connectivity index (χ4v) is 2.00. The monoisotopic (exact) mass is 226 g/mol. The van der Waals surface area contributed by atoms with E-state index < -0.39 is 0 Å². The molecule has 0 atom stereocenters. The summed E-state index contributed by atoms with van der Waals surface area (Å²) >= 11 is 0. The predicted octanol–water partition coefficient (Wildman–Crippen LogP) is 4.95. The Morgan fingerprint density at radius 3 is 2.41 bits per heavy atom. The van der Waals surface area contributed by atoms with E-state index in [1.807, 2.05) is 12.1 Å². The lowest BCUT2D eigenvalue weighted by Crippen LogP contribution is -1.79. The van der Waals surface area contributed by atoms with Crippen LogP contribution in [0.5, 0.6) is 0 Å². The second kappa shape index (κ2) is 3.52. The lowest BCUT2D eigenvalue weighted by Gasteiger charge is -1.95. The molecule has 17 heavy (non-hydrogen) atoms. The van der Waals surface area contributed by atoms with Crippen LogP contribution in [0.4, 0.5) is 0 Å². The Labute approximate surface area is 99.5 Å². The maximum absolute atomic E-state index is 5.79. The molecular formula is C15H14O2. The van der Waals surface area contributed by atoms with E-state index in [2.05, 4.69) is 32.6 Å². The average Bonchev–Trinajstić information content (AvgIpc) is 2.87. The smallest absolute Gasteiger partial charge is 0.138 e. The number of hydrogen-bond donors (Lipinski definition) is 0. The minimum Gasteiger partial charge on any atom is -0.461 e. The minimum absolute atomic E-state index is 0.400. The van der Waals surface area contributed by atoms with Gasteiger partial charge in [-0.2, -0.15) is 0 Å². The van der Waals surface area contributed by atoms with E-state index in [-0.39, 0.29) is 0 Å². The molecule has 0 aliphatic heterocycles. The zero-order chi connectivity index (χ0) is 12.0. The topological polar surface area (TPSA) is 26.3 Å². The standard InChI is InChI=1S/C15H14O2/c1-4-12-6-10-5-11-7-13(9(2)3)17-15(11)8-14(10)16-12/h4-9H,1H2,2-3H3. The van der Waals surface area contributed by atoms with Crippen LogP contribution >= 0.6 is 0 Å². The molecule has 2 nitrogen and oxygen atoms in total. The predicted molar refractivity (Wildman–Crippen MR) is 70.2 cm³/mol. The largest absolute Gasteiger partial charge is 0.461 e. The Balaban J connectivity index is 2.28. The van der Waals surface area contributed by atoms with Crippen LogP contribution in [0.2, 0.25) is 0 Å². The lowest BCUT2D eigenvalue weighted by atomic mass is 10.1. The van der Waals surface area contributed by atoms with Gasteiger partial charge in [-0.3, -0.25) is 0 Å². The Kier molecular flexibility index (Phi) is 2.11. The highest BCUT2D eigenvalue weighted by Crippen LogP contribution is 2.30. The van der Waals surface area contributed by atoms with Crippen molar-refractivity contribution in [1.29, 1.82) is 0 Å². The molecule has 2 heterocycles. The molecule has 0 amide bonds. The molecule has 0 unspecified atom stereocenters. The molecule has 0 fully saturated rings. The molecule has 2 aromatic heterocycles. The van der Waals surface area contributed by atoms with Crippen LogP contribution < -0.4 is 0 Å². The van der Waals surface area contributed by atoms with Crippen LogP contribution in [-0.2, 0) is 0 Å². The van der Waals surface area contributed by atoms with Crippen molar-refractivity contribution >= 4 is 28.0 Å². The fourth-order valence-electron chi connectivity index (χ4n) is 2.00. The summed E-state index contributed by atoms with van der Waals surface area (Å²) in [5.74, 6) is 2.20. The van der Waals surface area contributed by atoms with Crippen LogP contribution in [0.25, 0.3) is 28.0 Å². The molecule has 0 radical (unpaired) electrons. The number of fused-ring (bicyclic) bond motifs is 2. The van der Waals surface area contributed by atoms with Crippen molar-refractivity contribution in [3.63, 3.8) is 0 Å². The Morgan fingerprint density at radius 2 is 1.71 bits per heavy atom. The molecule has 0 saturated heterocycles. The van der Waals surface area contributed by atoms with Gasteiger partial charge in [-0.25, -0.2) is 0 Å². The van der Waals surface area contributed by atoms with Crippen LogP contribution in [0.15, 0.2) is 39.7 Å². The Bertz CT molecular complexity index is 647. The molecule has 0 spiro atoms. The summed E-state index contributed by atoms with van der Waals surface area (Å²) in [6, 6.07) is 8.13. The first-order valence-corrected chi connectivity index (χ1v) is 5.77. The molecule has 0 bridgehead atoms. The molecule has 3 aromatic rings. The summed E-state index contributed by atoms with van der Waals surface area (Å²) < 4.78 is 11.4. The number of rotatable bonds is 2. The fraction of sp³-hybridized carbons (Fsp3) is 0.200. The van der Waals surface area contributed by atoms with Gasteiger partial charge in [-0.1, -0.05) is 20.4 Å². The molecule has 86 valence electrons. The number of hydrogen-bond acceptors (Lipinski definition) is 2. The van der Waals surface area contributed by atoms with Crippen molar-refractivity contribution < 1.29 is 8.83 Å². The summed E-state index contributed by atoms with van der Waals surface area (Å²) in [5, 5.41) is 2.21. The summed E-state index contributed by atoms with van der Waals surface area (Å²) in [7, 11) is 0. The second-order valence-corrected chi connectivity index (χ2v) is 4.58. The summed E-state index contributed by atoms with van der Waals surface area (Å²) in [5.41, 5.74) is 1.73. The van der Waals surface area contributed by atoms with Crippen molar-refractivity contribution in [3.05, 3.63) is 42.4 Å². The maximum Gasteiger partial charge on any atom is 0.138 e. The zero-order valence-electron chi connectivity index (χ0n) is 9.99. The van der Waals surface area contributed by atoms with Gasteiger partial charge < -0.3 is 8.83 Å². The average molecular weight is 226 g/mol. The van der Waals surface area contributed by atoms with Gasteiger partial charge >= 0.3 is 0 Å². The molecule has 3 rings (SSSR count). The molecule has 0 N–H and O–H groups in total. The normalized spacial score (nSPS) is 11.7.